The maximum Gasteiger partial charge on any atom is 0.322 e. The van der Waals surface area contributed by atoms with E-state index in [9.17, 15) is 19.2 Å². The number of aromatic nitrogens is 3. The van der Waals surface area contributed by atoms with Crippen LogP contribution in [0.4, 0.5) is 4.79 Å². The first-order chi connectivity index (χ1) is 15.3. The Kier molecular flexibility index (Phi) is 4.83. The summed E-state index contributed by atoms with van der Waals surface area (Å²) in [5.74, 6) is -1.01. The van der Waals surface area contributed by atoms with Crippen LogP contribution in [0.15, 0.2) is 12.3 Å². The lowest BCUT2D eigenvalue weighted by molar-refractivity contribution is -0.137. The molecule has 1 unspecified atom stereocenters. The quantitative estimate of drug-likeness (QED) is 0.541. The molecule has 2 aliphatic heterocycles. The van der Waals surface area contributed by atoms with E-state index < -0.39 is 18.0 Å². The number of imide groups is 1. The molecule has 2 aromatic heterocycles. The number of hydrogen-bond donors (Lipinski definition) is 4. The Morgan fingerprint density at radius 1 is 1.31 bits per heavy atom. The van der Waals surface area contributed by atoms with Gasteiger partial charge in [-0.3, -0.25) is 24.8 Å². The molecule has 0 bridgehead atoms. The van der Waals surface area contributed by atoms with Crippen LogP contribution in [0.2, 0.25) is 0 Å². The Bertz CT molecular complexity index is 1110. The highest BCUT2D eigenvalue weighted by molar-refractivity contribution is 6.02. The average Bonchev–Trinajstić information content (AvgIpc) is 3.32. The molecular formula is C21H25N7O4. The summed E-state index contributed by atoms with van der Waals surface area (Å²) in [7, 11) is 0. The molecule has 3 aliphatic rings. The van der Waals surface area contributed by atoms with Gasteiger partial charge in [0, 0.05) is 36.4 Å². The number of hydrogen-bond acceptors (Lipinski definition) is 6. The molecule has 5 rings (SSSR count). The van der Waals surface area contributed by atoms with E-state index in [1.165, 1.54) is 6.20 Å². The third kappa shape index (κ3) is 3.57. The van der Waals surface area contributed by atoms with Crippen LogP contribution in [0, 0.1) is 12.3 Å². The van der Waals surface area contributed by atoms with Crippen molar-refractivity contribution in [2.45, 2.75) is 51.1 Å². The second-order valence-electron chi connectivity index (χ2n) is 9.11. The fourth-order valence-corrected chi connectivity index (χ4v) is 5.06. The number of carbonyl (C=O) groups is 4. The van der Waals surface area contributed by atoms with Gasteiger partial charge in [0.2, 0.25) is 11.8 Å². The van der Waals surface area contributed by atoms with Crippen molar-refractivity contribution in [3.8, 4) is 0 Å². The van der Waals surface area contributed by atoms with Crippen LogP contribution < -0.4 is 16.0 Å². The van der Waals surface area contributed by atoms with E-state index in [0.29, 0.717) is 24.3 Å². The number of likely N-dealkylation sites (tertiary alicyclic amines) is 1. The number of aromatic amines is 1. The molecule has 1 saturated carbocycles. The van der Waals surface area contributed by atoms with E-state index in [0.717, 1.165) is 36.8 Å². The summed E-state index contributed by atoms with van der Waals surface area (Å²) in [6, 6.07) is 0.0262. The molecule has 1 spiro atoms. The zero-order valence-corrected chi connectivity index (χ0v) is 17.7. The molecule has 2 saturated heterocycles. The fourth-order valence-electron chi connectivity index (χ4n) is 5.06. The Labute approximate surface area is 183 Å². The van der Waals surface area contributed by atoms with Crippen molar-refractivity contribution in [3.63, 3.8) is 0 Å². The molecule has 11 heteroatoms. The third-order valence-electron chi connectivity index (χ3n) is 6.92. The maximum absolute atomic E-state index is 13.2. The monoisotopic (exact) mass is 439 g/mol. The number of nitrogens with zero attached hydrogens (tertiary/aromatic N) is 3. The van der Waals surface area contributed by atoms with Gasteiger partial charge in [-0.25, -0.2) is 9.78 Å². The van der Waals surface area contributed by atoms with Crippen LogP contribution in [0.25, 0.3) is 11.0 Å². The van der Waals surface area contributed by atoms with E-state index in [4.69, 9.17) is 0 Å². The molecule has 3 fully saturated rings. The molecule has 32 heavy (non-hydrogen) atoms. The lowest BCUT2D eigenvalue weighted by Crippen LogP contribution is -2.59. The predicted molar refractivity (Wildman–Crippen MR) is 112 cm³/mol. The summed E-state index contributed by atoms with van der Waals surface area (Å²) in [4.78, 5) is 55.4. The number of aryl methyl sites for hydroxylation is 1. The SMILES string of the molecule is Cc1[nH]nc2ncc(C(=O)NCC3CC4(CCC4)CN3C(=O)[C@@H]3CC(=O)NC(=O)N3)cc12. The van der Waals surface area contributed by atoms with Gasteiger partial charge < -0.3 is 15.5 Å². The molecule has 168 valence electrons. The second-order valence-corrected chi connectivity index (χ2v) is 9.11. The Morgan fingerprint density at radius 2 is 2.12 bits per heavy atom. The van der Waals surface area contributed by atoms with Crippen LogP contribution in [0.3, 0.4) is 0 Å². The van der Waals surface area contributed by atoms with Crippen molar-refractivity contribution in [1.82, 2.24) is 36.0 Å². The van der Waals surface area contributed by atoms with Crippen LogP contribution >= 0.6 is 0 Å². The van der Waals surface area contributed by atoms with Crippen LogP contribution in [-0.4, -0.2) is 69.0 Å². The lowest BCUT2D eigenvalue weighted by atomic mass is 9.67. The van der Waals surface area contributed by atoms with Crippen molar-refractivity contribution >= 4 is 34.8 Å². The summed E-state index contributed by atoms with van der Waals surface area (Å²) in [5.41, 5.74) is 1.88. The van der Waals surface area contributed by atoms with Crippen molar-refractivity contribution in [2.75, 3.05) is 13.1 Å². The van der Waals surface area contributed by atoms with Gasteiger partial charge in [-0.2, -0.15) is 5.10 Å². The van der Waals surface area contributed by atoms with Gasteiger partial charge in [-0.1, -0.05) is 6.42 Å². The molecule has 2 aromatic rings. The number of rotatable bonds is 4. The minimum atomic E-state index is -0.875. The Hall–Kier alpha value is -3.50. The number of urea groups is 1. The van der Waals surface area contributed by atoms with Gasteiger partial charge in [0.1, 0.15) is 6.04 Å². The van der Waals surface area contributed by atoms with E-state index in [1.54, 1.807) is 11.0 Å². The van der Waals surface area contributed by atoms with Crippen LogP contribution in [0.1, 0.15) is 48.2 Å². The first-order valence-electron chi connectivity index (χ1n) is 10.8. The molecule has 5 amide bonds. The summed E-state index contributed by atoms with van der Waals surface area (Å²) in [6.07, 6.45) is 5.41. The van der Waals surface area contributed by atoms with Crippen LogP contribution in [-0.2, 0) is 9.59 Å². The number of nitrogens with one attached hydrogen (secondary N) is 4. The minimum absolute atomic E-state index is 0.0698. The number of pyridine rings is 1. The normalized spacial score (nSPS) is 24.2. The van der Waals surface area contributed by atoms with Crippen molar-refractivity contribution in [1.29, 1.82) is 0 Å². The lowest BCUT2D eigenvalue weighted by Gasteiger charge is -2.38. The number of fused-ring (bicyclic) bond motifs is 1. The zero-order chi connectivity index (χ0) is 22.5. The standard InChI is InChI=1S/C21H25N7O4/c1-11-14-5-12(8-22-17(14)27-26-11)18(30)23-9-13-7-21(3-2-4-21)10-28(13)19(31)15-6-16(29)25-20(32)24-15/h5,8,13,15H,2-4,6-7,9-10H2,1H3,(H,23,30)(H,22,26,27)(H2,24,25,29,32)/t13?,15-/m0/s1. The largest absolute Gasteiger partial charge is 0.350 e. The number of amides is 5. The number of carbonyl (C=O) groups excluding carboxylic acids is 4. The molecule has 4 heterocycles. The molecule has 2 atom stereocenters. The summed E-state index contributed by atoms with van der Waals surface area (Å²) in [5, 5.41) is 15.3. The topological polar surface area (TPSA) is 149 Å². The van der Waals surface area contributed by atoms with Gasteiger partial charge in [0.15, 0.2) is 5.65 Å². The molecule has 0 radical (unpaired) electrons. The Morgan fingerprint density at radius 3 is 2.84 bits per heavy atom. The van der Waals surface area contributed by atoms with Gasteiger partial charge in [-0.15, -0.1) is 0 Å². The zero-order valence-electron chi connectivity index (χ0n) is 17.7. The van der Waals surface area contributed by atoms with E-state index >= 15 is 0 Å². The maximum atomic E-state index is 13.2. The summed E-state index contributed by atoms with van der Waals surface area (Å²) in [6.45, 7) is 2.74. The number of H-pyrrole nitrogens is 1. The third-order valence-corrected chi connectivity index (χ3v) is 6.92. The van der Waals surface area contributed by atoms with Crippen molar-refractivity contribution in [3.05, 3.63) is 23.5 Å². The second kappa shape index (κ2) is 7.57. The van der Waals surface area contributed by atoms with E-state index in [-0.39, 0.29) is 29.7 Å². The smallest absolute Gasteiger partial charge is 0.322 e. The highest BCUT2D eigenvalue weighted by atomic mass is 16.2. The van der Waals surface area contributed by atoms with E-state index in [2.05, 4.69) is 31.1 Å². The Balaban J connectivity index is 1.29. The molecule has 4 N–H and O–H groups in total. The highest BCUT2D eigenvalue weighted by Crippen LogP contribution is 2.50. The molecule has 1 aliphatic carbocycles. The van der Waals surface area contributed by atoms with Gasteiger partial charge in [0.05, 0.1) is 12.0 Å². The fraction of sp³-hybridized carbons (Fsp3) is 0.524. The van der Waals surface area contributed by atoms with Gasteiger partial charge in [-0.05, 0) is 37.7 Å². The molecular weight excluding hydrogens is 414 g/mol. The average molecular weight is 439 g/mol. The first-order valence-corrected chi connectivity index (χ1v) is 10.8. The minimum Gasteiger partial charge on any atom is -0.350 e. The van der Waals surface area contributed by atoms with Crippen LogP contribution in [0.5, 0.6) is 0 Å². The van der Waals surface area contributed by atoms with Gasteiger partial charge in [0.25, 0.3) is 5.91 Å². The summed E-state index contributed by atoms with van der Waals surface area (Å²) >= 11 is 0. The van der Waals surface area contributed by atoms with E-state index in [1.807, 2.05) is 6.92 Å². The van der Waals surface area contributed by atoms with Gasteiger partial charge >= 0.3 is 6.03 Å². The highest BCUT2D eigenvalue weighted by Gasteiger charge is 2.50. The first kappa shape index (κ1) is 20.4. The summed E-state index contributed by atoms with van der Waals surface area (Å²) < 4.78 is 0. The predicted octanol–water partition coefficient (Wildman–Crippen LogP) is 0.365. The van der Waals surface area contributed by atoms with Crippen molar-refractivity contribution < 1.29 is 19.2 Å². The molecule has 11 nitrogen and oxygen atoms in total. The molecule has 0 aromatic carbocycles. The van der Waals surface area contributed by atoms with Crippen molar-refractivity contribution in [2.24, 2.45) is 5.41 Å².